The predicted octanol–water partition coefficient (Wildman–Crippen LogP) is 4.85. The van der Waals surface area contributed by atoms with Crippen molar-refractivity contribution in [2.75, 3.05) is 26.2 Å². The second-order valence-electron chi connectivity index (χ2n) is 7.52. The molecule has 1 aromatic carbocycles. The van der Waals surface area contributed by atoms with Crippen LogP contribution in [-0.2, 0) is 11.2 Å². The van der Waals surface area contributed by atoms with Gasteiger partial charge in [-0.1, -0.05) is 31.9 Å². The number of ether oxygens (including phenoxy) is 1. The quantitative estimate of drug-likeness (QED) is 0.663. The van der Waals surface area contributed by atoms with Gasteiger partial charge in [0.1, 0.15) is 12.4 Å². The Labute approximate surface area is 176 Å². The van der Waals surface area contributed by atoms with Gasteiger partial charge in [-0.05, 0) is 66.6 Å². The number of hydrogen-bond donors (Lipinski definition) is 1. The van der Waals surface area contributed by atoms with Crippen LogP contribution in [0.25, 0.3) is 0 Å². The van der Waals surface area contributed by atoms with Gasteiger partial charge >= 0.3 is 0 Å². The number of nitrogens with zero attached hydrogens (tertiary/aromatic N) is 1. The Morgan fingerprint density at radius 1 is 1.43 bits per heavy atom. The maximum atomic E-state index is 12.9. The highest BCUT2D eigenvalue weighted by atomic mass is 35.5. The number of thiophene rings is 1. The summed E-state index contributed by atoms with van der Waals surface area (Å²) in [5.74, 6) is 1.50. The van der Waals surface area contributed by atoms with Crippen LogP contribution in [0.4, 0.5) is 0 Å². The molecule has 0 saturated carbocycles. The molecule has 152 valence electrons. The number of nitrogens with one attached hydrogen (secondary N) is 1. The van der Waals surface area contributed by atoms with Gasteiger partial charge in [-0.15, -0.1) is 11.3 Å². The molecule has 0 radical (unpaired) electrons. The number of rotatable bonds is 8. The molecule has 0 fully saturated rings. The topological polar surface area (TPSA) is 41.6 Å². The van der Waals surface area contributed by atoms with Crippen molar-refractivity contribution in [3.63, 3.8) is 0 Å². The molecular formula is C22H29ClN2O2S. The van der Waals surface area contributed by atoms with Crippen LogP contribution in [0.5, 0.6) is 5.75 Å². The summed E-state index contributed by atoms with van der Waals surface area (Å²) >= 11 is 7.88. The Hall–Kier alpha value is -1.56. The molecule has 6 heteroatoms. The number of fused-ring (bicyclic) bond motifs is 1. The van der Waals surface area contributed by atoms with Gasteiger partial charge in [-0.2, -0.15) is 0 Å². The molecule has 0 saturated heterocycles. The van der Waals surface area contributed by atoms with E-state index in [0.29, 0.717) is 19.1 Å². The number of hydrogen-bond acceptors (Lipinski definition) is 4. The van der Waals surface area contributed by atoms with Crippen LogP contribution >= 0.6 is 22.9 Å². The fourth-order valence-electron chi connectivity index (χ4n) is 3.43. The van der Waals surface area contributed by atoms with Crippen molar-refractivity contribution in [3.8, 4) is 5.75 Å². The van der Waals surface area contributed by atoms with Gasteiger partial charge in [-0.25, -0.2) is 0 Å². The first-order valence-electron chi connectivity index (χ1n) is 9.95. The molecule has 0 aliphatic carbocycles. The van der Waals surface area contributed by atoms with Crippen LogP contribution < -0.4 is 10.1 Å². The maximum absolute atomic E-state index is 12.9. The van der Waals surface area contributed by atoms with Gasteiger partial charge in [0.25, 0.3) is 0 Å². The molecule has 2 heterocycles. The molecule has 1 aromatic heterocycles. The molecule has 4 nitrogen and oxygen atoms in total. The molecular weight excluding hydrogens is 392 g/mol. The summed E-state index contributed by atoms with van der Waals surface area (Å²) in [6, 6.07) is 7.76. The zero-order valence-corrected chi connectivity index (χ0v) is 18.4. The van der Waals surface area contributed by atoms with E-state index in [1.165, 1.54) is 10.4 Å². The smallest absolute Gasteiger partial charge is 0.237 e. The zero-order chi connectivity index (χ0) is 20.1. The van der Waals surface area contributed by atoms with Crippen molar-refractivity contribution < 1.29 is 9.53 Å². The van der Waals surface area contributed by atoms with E-state index in [4.69, 9.17) is 16.3 Å². The highest BCUT2D eigenvalue weighted by molar-refractivity contribution is 7.10. The maximum Gasteiger partial charge on any atom is 0.237 e. The molecule has 1 aliphatic rings. The molecule has 0 spiro atoms. The molecule has 2 atom stereocenters. The van der Waals surface area contributed by atoms with Gasteiger partial charge in [0.05, 0.1) is 12.6 Å². The highest BCUT2D eigenvalue weighted by Gasteiger charge is 2.32. The Bertz CT molecular complexity index is 808. The fourth-order valence-corrected chi connectivity index (χ4v) is 4.47. The first kappa shape index (κ1) is 21.2. The summed E-state index contributed by atoms with van der Waals surface area (Å²) in [4.78, 5) is 16.2. The molecule has 2 aromatic rings. The summed E-state index contributed by atoms with van der Waals surface area (Å²) in [6.07, 6.45) is 2.03. The van der Waals surface area contributed by atoms with E-state index in [-0.39, 0.29) is 11.9 Å². The molecule has 1 N–H and O–H groups in total. The monoisotopic (exact) mass is 420 g/mol. The minimum absolute atomic E-state index is 0.0520. The van der Waals surface area contributed by atoms with Crippen molar-refractivity contribution in [2.45, 2.75) is 39.7 Å². The van der Waals surface area contributed by atoms with E-state index >= 15 is 0 Å². The van der Waals surface area contributed by atoms with Crippen LogP contribution in [-0.4, -0.2) is 37.0 Å². The standard InChI is InChI=1S/C22H29ClN2O2S/c1-4-15(2)12-24-13-22(26)25-9-7-21-18(8-10-28-21)20(25)14-27-17-5-6-19(23)16(3)11-17/h5-6,8,10-11,15,20,24H,4,7,9,12-14H2,1-3H3. The summed E-state index contributed by atoms with van der Waals surface area (Å²) in [6.45, 7) is 8.76. The average molecular weight is 421 g/mol. The van der Waals surface area contributed by atoms with Crippen molar-refractivity contribution >= 4 is 28.8 Å². The molecule has 2 unspecified atom stereocenters. The summed E-state index contributed by atoms with van der Waals surface area (Å²) in [5.41, 5.74) is 2.21. The summed E-state index contributed by atoms with van der Waals surface area (Å²) in [5, 5.41) is 6.16. The normalized spacial score (nSPS) is 17.3. The number of halogens is 1. The molecule has 1 aliphatic heterocycles. The molecule has 1 amide bonds. The third-order valence-corrected chi connectivity index (χ3v) is 6.84. The van der Waals surface area contributed by atoms with Crippen molar-refractivity contribution in [1.29, 1.82) is 0 Å². The zero-order valence-electron chi connectivity index (χ0n) is 16.8. The van der Waals surface area contributed by atoms with E-state index < -0.39 is 0 Å². The SMILES string of the molecule is CCC(C)CNCC(=O)N1CCc2sccc2C1COc1ccc(Cl)c(C)c1. The van der Waals surface area contributed by atoms with Crippen LogP contribution in [0.15, 0.2) is 29.6 Å². The van der Waals surface area contributed by atoms with Crippen molar-refractivity contribution in [3.05, 3.63) is 50.7 Å². The van der Waals surface area contributed by atoms with Crippen LogP contribution in [0.2, 0.25) is 5.02 Å². The Kier molecular flexibility index (Phi) is 7.38. The summed E-state index contributed by atoms with van der Waals surface area (Å²) < 4.78 is 6.08. The second kappa shape index (κ2) is 9.77. The van der Waals surface area contributed by atoms with E-state index in [2.05, 4.69) is 30.6 Å². The van der Waals surface area contributed by atoms with Gasteiger partial charge in [0, 0.05) is 16.4 Å². The van der Waals surface area contributed by atoms with Gasteiger partial charge in [-0.3, -0.25) is 4.79 Å². The lowest BCUT2D eigenvalue weighted by molar-refractivity contribution is -0.133. The number of aryl methyl sites for hydroxylation is 1. The van der Waals surface area contributed by atoms with Crippen molar-refractivity contribution in [2.24, 2.45) is 5.92 Å². The lowest BCUT2D eigenvalue weighted by atomic mass is 10.0. The Morgan fingerprint density at radius 2 is 2.25 bits per heavy atom. The molecule has 28 heavy (non-hydrogen) atoms. The van der Waals surface area contributed by atoms with Gasteiger partial charge in [0.15, 0.2) is 0 Å². The van der Waals surface area contributed by atoms with Crippen molar-refractivity contribution in [1.82, 2.24) is 10.2 Å². The van der Waals surface area contributed by atoms with E-state index in [1.54, 1.807) is 11.3 Å². The predicted molar refractivity (Wildman–Crippen MR) is 116 cm³/mol. The third-order valence-electron chi connectivity index (χ3n) is 5.42. The molecule has 3 rings (SSSR count). The number of carbonyl (C=O) groups excluding carboxylic acids is 1. The van der Waals surface area contributed by atoms with Gasteiger partial charge < -0.3 is 15.0 Å². The fraction of sp³-hybridized carbons (Fsp3) is 0.500. The van der Waals surface area contributed by atoms with Gasteiger partial charge in [0.2, 0.25) is 5.91 Å². The van der Waals surface area contributed by atoms with E-state index in [1.807, 2.05) is 30.0 Å². The number of benzene rings is 1. The Morgan fingerprint density at radius 3 is 3.00 bits per heavy atom. The first-order valence-corrected chi connectivity index (χ1v) is 11.2. The minimum Gasteiger partial charge on any atom is -0.491 e. The lowest BCUT2D eigenvalue weighted by Crippen LogP contribution is -2.46. The third kappa shape index (κ3) is 5.07. The first-order chi connectivity index (χ1) is 13.5. The number of amides is 1. The summed E-state index contributed by atoms with van der Waals surface area (Å²) in [7, 11) is 0. The number of carbonyl (C=O) groups is 1. The average Bonchev–Trinajstić information content (AvgIpc) is 3.17. The lowest BCUT2D eigenvalue weighted by Gasteiger charge is -2.36. The van der Waals surface area contributed by atoms with E-state index in [0.717, 1.165) is 42.3 Å². The minimum atomic E-state index is -0.0520. The van der Waals surface area contributed by atoms with Crippen LogP contribution in [0.3, 0.4) is 0 Å². The highest BCUT2D eigenvalue weighted by Crippen LogP contribution is 2.34. The second-order valence-corrected chi connectivity index (χ2v) is 8.93. The van der Waals surface area contributed by atoms with Crippen LogP contribution in [0, 0.1) is 12.8 Å². The van der Waals surface area contributed by atoms with E-state index in [9.17, 15) is 4.79 Å². The Balaban J connectivity index is 1.68. The largest absolute Gasteiger partial charge is 0.491 e. The van der Waals surface area contributed by atoms with Crippen LogP contribution in [0.1, 0.15) is 42.3 Å². The molecule has 0 bridgehead atoms.